The second-order valence-electron chi connectivity index (χ2n) is 5.52. The van der Waals surface area contributed by atoms with Gasteiger partial charge in [0.05, 0.1) is 22.9 Å². The number of aromatic nitrogens is 1. The highest BCUT2D eigenvalue weighted by Gasteiger charge is 2.09. The first-order valence-corrected chi connectivity index (χ1v) is 8.48. The second kappa shape index (κ2) is 7.97. The molecule has 6 heteroatoms. The summed E-state index contributed by atoms with van der Waals surface area (Å²) in [7, 11) is 3.43. The van der Waals surface area contributed by atoms with Gasteiger partial charge in [0.1, 0.15) is 5.75 Å². The molecule has 2 rings (SSSR count). The normalized spacial score (nSPS) is 10.4. The predicted molar refractivity (Wildman–Crippen MR) is 94.2 cm³/mol. The lowest BCUT2D eigenvalue weighted by molar-refractivity contribution is -0.130. The van der Waals surface area contributed by atoms with E-state index < -0.39 is 0 Å². The number of hydrogen-bond acceptors (Lipinski definition) is 5. The molecule has 0 saturated heterocycles. The third-order valence-electron chi connectivity index (χ3n) is 3.35. The summed E-state index contributed by atoms with van der Waals surface area (Å²) in [6, 6.07) is 5.92. The Kier molecular flexibility index (Phi) is 5.98. The first-order valence-electron chi connectivity index (χ1n) is 7.60. The van der Waals surface area contributed by atoms with Crippen LogP contribution in [0.3, 0.4) is 0 Å². The van der Waals surface area contributed by atoms with E-state index in [4.69, 9.17) is 4.74 Å². The molecule has 5 nitrogen and oxygen atoms in total. The van der Waals surface area contributed by atoms with Gasteiger partial charge in [-0.05, 0) is 31.0 Å². The quantitative estimate of drug-likeness (QED) is 0.846. The van der Waals surface area contributed by atoms with Gasteiger partial charge in [-0.2, -0.15) is 0 Å². The van der Waals surface area contributed by atoms with E-state index in [1.54, 1.807) is 25.4 Å². The van der Waals surface area contributed by atoms with Gasteiger partial charge in [-0.1, -0.05) is 13.0 Å². The number of amides is 1. The molecule has 1 aromatic heterocycles. The molecule has 0 spiro atoms. The van der Waals surface area contributed by atoms with Crippen LogP contribution in [0.5, 0.6) is 5.75 Å². The molecule has 0 fully saturated rings. The maximum atomic E-state index is 11.7. The average molecular weight is 333 g/mol. The lowest BCUT2D eigenvalue weighted by Gasteiger charge is -2.15. The monoisotopic (exact) mass is 333 g/mol. The first kappa shape index (κ1) is 17.3. The maximum Gasteiger partial charge on any atom is 0.259 e. The lowest BCUT2D eigenvalue weighted by Crippen LogP contribution is -2.27. The van der Waals surface area contributed by atoms with Gasteiger partial charge in [0, 0.05) is 19.5 Å². The van der Waals surface area contributed by atoms with Crippen molar-refractivity contribution in [3.05, 3.63) is 39.8 Å². The van der Waals surface area contributed by atoms with Crippen molar-refractivity contribution in [3.8, 4) is 5.75 Å². The summed E-state index contributed by atoms with van der Waals surface area (Å²) < 4.78 is 5.68. The highest BCUT2D eigenvalue weighted by molar-refractivity contribution is 7.09. The van der Waals surface area contributed by atoms with Crippen molar-refractivity contribution in [2.45, 2.75) is 26.8 Å². The van der Waals surface area contributed by atoms with E-state index in [0.29, 0.717) is 12.3 Å². The van der Waals surface area contributed by atoms with Crippen LogP contribution in [0, 0.1) is 6.92 Å². The molecule has 0 radical (unpaired) electrons. The zero-order chi connectivity index (χ0) is 16.8. The van der Waals surface area contributed by atoms with Crippen LogP contribution in [0.4, 0.5) is 5.69 Å². The molecule has 0 saturated carbocycles. The van der Waals surface area contributed by atoms with E-state index in [2.05, 4.69) is 22.6 Å². The van der Waals surface area contributed by atoms with E-state index in [1.165, 1.54) is 4.90 Å². The van der Waals surface area contributed by atoms with E-state index in [-0.39, 0.29) is 12.5 Å². The van der Waals surface area contributed by atoms with E-state index in [9.17, 15) is 4.79 Å². The van der Waals surface area contributed by atoms with Gasteiger partial charge in [-0.15, -0.1) is 11.3 Å². The zero-order valence-corrected chi connectivity index (χ0v) is 14.9. The van der Waals surface area contributed by atoms with Gasteiger partial charge in [-0.3, -0.25) is 4.79 Å². The number of thiazole rings is 1. The smallest absolute Gasteiger partial charge is 0.259 e. The summed E-state index contributed by atoms with van der Waals surface area (Å²) in [6.07, 6.45) is 0.955. The molecule has 23 heavy (non-hydrogen) atoms. The van der Waals surface area contributed by atoms with Crippen molar-refractivity contribution >= 4 is 22.9 Å². The van der Waals surface area contributed by atoms with Gasteiger partial charge < -0.3 is 15.0 Å². The van der Waals surface area contributed by atoms with Crippen LogP contribution in [-0.2, 0) is 17.8 Å². The molecular weight excluding hydrogens is 310 g/mol. The fraction of sp³-hybridized carbons (Fsp3) is 0.412. The summed E-state index contributed by atoms with van der Waals surface area (Å²) in [5, 5.41) is 6.54. The fourth-order valence-electron chi connectivity index (χ4n) is 1.94. The van der Waals surface area contributed by atoms with Crippen molar-refractivity contribution < 1.29 is 9.53 Å². The molecule has 124 valence electrons. The predicted octanol–water partition coefficient (Wildman–Crippen LogP) is 3.09. The number of rotatable bonds is 7. The molecule has 1 N–H and O–H groups in total. The van der Waals surface area contributed by atoms with Crippen molar-refractivity contribution in [2.75, 3.05) is 26.0 Å². The summed E-state index contributed by atoms with van der Waals surface area (Å²) in [6.45, 7) is 4.77. The molecule has 0 unspecified atom stereocenters. The Morgan fingerprint density at radius 3 is 2.83 bits per heavy atom. The topological polar surface area (TPSA) is 54.5 Å². The number of nitrogens with one attached hydrogen (secondary N) is 1. The van der Waals surface area contributed by atoms with Gasteiger partial charge in [-0.25, -0.2) is 4.98 Å². The van der Waals surface area contributed by atoms with Gasteiger partial charge >= 0.3 is 0 Å². The van der Waals surface area contributed by atoms with Gasteiger partial charge in [0.2, 0.25) is 0 Å². The number of benzene rings is 1. The number of nitrogens with zero attached hydrogens (tertiary/aromatic N) is 2. The molecule has 0 aliphatic carbocycles. The van der Waals surface area contributed by atoms with Gasteiger partial charge in [0.15, 0.2) is 6.61 Å². The standard InChI is InChI=1S/C17H23N3O2S/c1-5-16-19-13(11-23-16)9-18-14-7-6-12(2)8-15(14)22-10-17(21)20(3)4/h6-8,11,18H,5,9-10H2,1-4H3. The summed E-state index contributed by atoms with van der Waals surface area (Å²) in [5.74, 6) is 0.621. The minimum Gasteiger partial charge on any atom is -0.482 e. The molecule has 1 aromatic carbocycles. The van der Waals surface area contributed by atoms with Crippen LogP contribution in [0.25, 0.3) is 0 Å². The van der Waals surface area contributed by atoms with Crippen molar-refractivity contribution in [1.29, 1.82) is 0 Å². The molecule has 0 atom stereocenters. The zero-order valence-electron chi connectivity index (χ0n) is 14.0. The molecule has 1 heterocycles. The third kappa shape index (κ3) is 4.96. The van der Waals surface area contributed by atoms with Crippen molar-refractivity contribution in [2.24, 2.45) is 0 Å². The Labute approximate surface area is 141 Å². The molecule has 0 aliphatic rings. The van der Waals surface area contributed by atoms with Crippen LogP contribution < -0.4 is 10.1 Å². The number of carbonyl (C=O) groups is 1. The lowest BCUT2D eigenvalue weighted by atomic mass is 10.2. The summed E-state index contributed by atoms with van der Waals surface area (Å²) in [4.78, 5) is 17.8. The number of carbonyl (C=O) groups excluding carboxylic acids is 1. The van der Waals surface area contributed by atoms with E-state index in [0.717, 1.165) is 28.4 Å². The Balaban J connectivity index is 2.04. The maximum absolute atomic E-state index is 11.7. The van der Waals surface area contributed by atoms with Crippen LogP contribution in [0.1, 0.15) is 23.2 Å². The Bertz CT molecular complexity index is 668. The number of aryl methyl sites for hydroxylation is 2. The summed E-state index contributed by atoms with van der Waals surface area (Å²) >= 11 is 1.68. The fourth-order valence-corrected chi connectivity index (χ4v) is 2.69. The van der Waals surface area contributed by atoms with E-state index >= 15 is 0 Å². The number of anilines is 1. The van der Waals surface area contributed by atoms with Crippen molar-refractivity contribution in [1.82, 2.24) is 9.88 Å². The Morgan fingerprint density at radius 2 is 2.17 bits per heavy atom. The van der Waals surface area contributed by atoms with Crippen LogP contribution in [0.2, 0.25) is 0 Å². The Morgan fingerprint density at radius 1 is 1.39 bits per heavy atom. The van der Waals surface area contributed by atoms with Crippen LogP contribution in [0.15, 0.2) is 23.6 Å². The van der Waals surface area contributed by atoms with Crippen molar-refractivity contribution in [3.63, 3.8) is 0 Å². The van der Waals surface area contributed by atoms with Gasteiger partial charge in [0.25, 0.3) is 5.91 Å². The number of likely N-dealkylation sites (N-methyl/N-ethyl adjacent to an activating group) is 1. The van der Waals surface area contributed by atoms with Crippen LogP contribution in [-0.4, -0.2) is 36.5 Å². The highest BCUT2D eigenvalue weighted by Crippen LogP contribution is 2.26. The highest BCUT2D eigenvalue weighted by atomic mass is 32.1. The first-order chi connectivity index (χ1) is 11.0. The number of ether oxygens (including phenoxy) is 1. The van der Waals surface area contributed by atoms with E-state index in [1.807, 2.05) is 25.1 Å². The molecule has 0 aliphatic heterocycles. The third-order valence-corrected chi connectivity index (χ3v) is 4.39. The largest absolute Gasteiger partial charge is 0.482 e. The molecular formula is C17H23N3O2S. The average Bonchev–Trinajstić information content (AvgIpc) is 2.99. The molecule has 2 aromatic rings. The van der Waals surface area contributed by atoms with Crippen LogP contribution >= 0.6 is 11.3 Å². The minimum atomic E-state index is -0.0652. The second-order valence-corrected chi connectivity index (χ2v) is 6.46. The summed E-state index contributed by atoms with van der Waals surface area (Å²) in [5.41, 5.74) is 2.97. The SMILES string of the molecule is CCc1nc(CNc2ccc(C)cc2OCC(=O)N(C)C)cs1. The number of hydrogen-bond donors (Lipinski definition) is 1. The minimum absolute atomic E-state index is 0.0296. The molecule has 1 amide bonds. The Hall–Kier alpha value is -2.08. The molecule has 0 bridgehead atoms.